The van der Waals surface area contributed by atoms with Crippen molar-refractivity contribution < 1.29 is 18.7 Å². The molecule has 0 unspecified atom stereocenters. The van der Waals surface area contributed by atoms with Crippen molar-refractivity contribution >= 4 is 16.9 Å². The summed E-state index contributed by atoms with van der Waals surface area (Å²) in [5.74, 6) is 1.47. The summed E-state index contributed by atoms with van der Waals surface area (Å²) < 4.78 is 16.9. The topological polar surface area (TPSA) is 55.1 Å². The molecule has 2 fully saturated rings. The summed E-state index contributed by atoms with van der Waals surface area (Å²) >= 11 is 0. The van der Waals surface area contributed by atoms with E-state index in [1.54, 1.807) is 7.11 Å². The number of methoxy groups -OCH3 is 1. The van der Waals surface area contributed by atoms with Gasteiger partial charge in [0.15, 0.2) is 5.76 Å². The third-order valence-electron chi connectivity index (χ3n) is 5.37. The van der Waals surface area contributed by atoms with Crippen molar-refractivity contribution in [3.8, 4) is 5.75 Å². The molecule has 2 aliphatic heterocycles. The molecule has 0 aliphatic carbocycles. The number of nitrogens with zero attached hydrogens (tertiary/aromatic N) is 2. The number of hydrogen-bond acceptors (Lipinski definition) is 5. The van der Waals surface area contributed by atoms with Crippen LogP contribution in [0.25, 0.3) is 11.0 Å². The van der Waals surface area contributed by atoms with E-state index in [0.717, 1.165) is 23.2 Å². The van der Waals surface area contributed by atoms with Gasteiger partial charge in [-0.25, -0.2) is 0 Å². The molecule has 2 atom stereocenters. The summed E-state index contributed by atoms with van der Waals surface area (Å²) in [6.45, 7) is 5.67. The minimum absolute atomic E-state index is 0.0279. The first-order chi connectivity index (χ1) is 12.1. The standard InChI is InChI=1S/C19H24N2O4/c1-12-16-5-4-15(23-3)6-17(16)25-18(12)19(22)21-8-13-7-20(2)14(9-21)11-24-10-13/h4-6,13-14H,7-11H2,1-3H3/t13-,14+/m1/s1. The Bertz CT molecular complexity index is 800. The number of furan rings is 1. The molecule has 134 valence electrons. The third-order valence-corrected chi connectivity index (χ3v) is 5.37. The van der Waals surface area contributed by atoms with Crippen LogP contribution in [0, 0.1) is 12.8 Å². The maximum absolute atomic E-state index is 13.2. The van der Waals surface area contributed by atoms with Crippen molar-refractivity contribution in [2.75, 3.05) is 47.0 Å². The van der Waals surface area contributed by atoms with Crippen LogP contribution in [0.15, 0.2) is 22.6 Å². The normalized spacial score (nSPS) is 24.4. The maximum atomic E-state index is 13.2. The Morgan fingerprint density at radius 3 is 2.88 bits per heavy atom. The third kappa shape index (κ3) is 2.89. The van der Waals surface area contributed by atoms with Crippen LogP contribution in [0.5, 0.6) is 5.75 Å². The van der Waals surface area contributed by atoms with E-state index in [-0.39, 0.29) is 11.9 Å². The first-order valence-corrected chi connectivity index (χ1v) is 8.71. The summed E-state index contributed by atoms with van der Waals surface area (Å²) in [6, 6.07) is 5.91. The van der Waals surface area contributed by atoms with Crippen LogP contribution in [-0.4, -0.2) is 68.8 Å². The number of carbonyl (C=O) groups is 1. The lowest BCUT2D eigenvalue weighted by Crippen LogP contribution is -2.44. The second kappa shape index (κ2) is 6.35. The lowest BCUT2D eigenvalue weighted by Gasteiger charge is -2.29. The molecule has 6 nitrogen and oxygen atoms in total. The smallest absolute Gasteiger partial charge is 0.289 e. The zero-order valence-electron chi connectivity index (χ0n) is 14.9. The van der Waals surface area contributed by atoms with Crippen molar-refractivity contribution in [1.29, 1.82) is 0 Å². The molecule has 1 aromatic heterocycles. The number of aryl methyl sites for hydroxylation is 1. The van der Waals surface area contributed by atoms with Crippen molar-refractivity contribution in [3.05, 3.63) is 29.5 Å². The average Bonchev–Trinajstić information content (AvgIpc) is 2.71. The number of fused-ring (bicyclic) bond motifs is 4. The highest BCUT2D eigenvalue weighted by atomic mass is 16.5. The number of amides is 1. The molecular weight excluding hydrogens is 320 g/mol. The number of likely N-dealkylation sites (N-methyl/N-ethyl adjacent to an activating group) is 1. The van der Waals surface area contributed by atoms with E-state index in [0.29, 0.717) is 43.6 Å². The second-order valence-electron chi connectivity index (χ2n) is 7.13. The van der Waals surface area contributed by atoms with E-state index in [1.165, 1.54) is 0 Å². The highest BCUT2D eigenvalue weighted by Crippen LogP contribution is 2.30. The number of rotatable bonds is 2. The van der Waals surface area contributed by atoms with Gasteiger partial charge in [0.25, 0.3) is 5.91 Å². The molecule has 2 aliphatic rings. The van der Waals surface area contributed by atoms with Gasteiger partial charge in [0, 0.05) is 42.6 Å². The predicted octanol–water partition coefficient (Wildman–Crippen LogP) is 2.15. The second-order valence-corrected chi connectivity index (χ2v) is 7.13. The number of ether oxygens (including phenoxy) is 2. The Morgan fingerprint density at radius 2 is 2.08 bits per heavy atom. The number of carbonyl (C=O) groups excluding carboxylic acids is 1. The summed E-state index contributed by atoms with van der Waals surface area (Å²) in [5, 5.41) is 0.958. The van der Waals surface area contributed by atoms with Gasteiger partial charge >= 0.3 is 0 Å². The molecule has 6 heteroatoms. The largest absolute Gasteiger partial charge is 0.497 e. The summed E-state index contributed by atoms with van der Waals surface area (Å²) in [4.78, 5) is 17.4. The van der Waals surface area contributed by atoms with Gasteiger partial charge in [-0.15, -0.1) is 0 Å². The predicted molar refractivity (Wildman–Crippen MR) is 94.1 cm³/mol. The van der Waals surface area contributed by atoms with Crippen LogP contribution in [0.3, 0.4) is 0 Å². The first kappa shape index (κ1) is 16.4. The molecular formula is C19H24N2O4. The molecule has 0 spiro atoms. The van der Waals surface area contributed by atoms with E-state index in [2.05, 4.69) is 11.9 Å². The van der Waals surface area contributed by atoms with Crippen LogP contribution >= 0.6 is 0 Å². The Labute approximate surface area is 147 Å². The molecule has 2 bridgehead atoms. The maximum Gasteiger partial charge on any atom is 0.289 e. The van der Waals surface area contributed by atoms with E-state index >= 15 is 0 Å². The highest BCUT2D eigenvalue weighted by molar-refractivity contribution is 5.99. The quantitative estimate of drug-likeness (QED) is 0.836. The summed E-state index contributed by atoms with van der Waals surface area (Å²) in [5.41, 5.74) is 1.58. The Balaban J connectivity index is 1.66. The van der Waals surface area contributed by atoms with Crippen LogP contribution in [0.1, 0.15) is 16.1 Å². The molecule has 25 heavy (non-hydrogen) atoms. The van der Waals surface area contributed by atoms with Gasteiger partial charge in [0.2, 0.25) is 0 Å². The molecule has 1 aromatic carbocycles. The van der Waals surface area contributed by atoms with Gasteiger partial charge in [0.05, 0.1) is 26.4 Å². The minimum Gasteiger partial charge on any atom is -0.497 e. The molecule has 0 radical (unpaired) electrons. The van der Waals surface area contributed by atoms with Gasteiger partial charge in [-0.1, -0.05) is 0 Å². The Hall–Kier alpha value is -2.05. The van der Waals surface area contributed by atoms with E-state index in [1.807, 2.05) is 30.0 Å². The Morgan fingerprint density at radius 1 is 1.24 bits per heavy atom. The summed E-state index contributed by atoms with van der Waals surface area (Å²) in [7, 11) is 3.73. The zero-order chi connectivity index (χ0) is 17.6. The lowest BCUT2D eigenvalue weighted by molar-refractivity contribution is 0.0415. The molecule has 2 aromatic rings. The molecule has 3 heterocycles. The lowest BCUT2D eigenvalue weighted by atomic mass is 10.1. The van der Waals surface area contributed by atoms with Gasteiger partial charge in [-0.3, -0.25) is 9.69 Å². The van der Waals surface area contributed by atoms with Gasteiger partial charge in [0.1, 0.15) is 11.3 Å². The van der Waals surface area contributed by atoms with Gasteiger partial charge in [-0.05, 0) is 26.1 Å². The fourth-order valence-corrected chi connectivity index (χ4v) is 3.90. The molecule has 2 saturated heterocycles. The first-order valence-electron chi connectivity index (χ1n) is 8.71. The van der Waals surface area contributed by atoms with Crippen LogP contribution < -0.4 is 4.74 Å². The number of benzene rings is 1. The highest BCUT2D eigenvalue weighted by Gasteiger charge is 2.35. The van der Waals surface area contributed by atoms with Crippen molar-refractivity contribution in [2.45, 2.75) is 13.0 Å². The van der Waals surface area contributed by atoms with Crippen LogP contribution in [0.2, 0.25) is 0 Å². The number of hydrogen-bond donors (Lipinski definition) is 0. The summed E-state index contributed by atoms with van der Waals surface area (Å²) in [6.07, 6.45) is 0. The molecule has 0 saturated carbocycles. The van der Waals surface area contributed by atoms with Crippen LogP contribution in [0.4, 0.5) is 0 Å². The fourth-order valence-electron chi connectivity index (χ4n) is 3.90. The fraction of sp³-hybridized carbons (Fsp3) is 0.526. The van der Waals surface area contributed by atoms with Gasteiger partial charge in [-0.2, -0.15) is 0 Å². The molecule has 0 N–H and O–H groups in total. The Kier molecular flexibility index (Phi) is 4.17. The van der Waals surface area contributed by atoms with E-state index < -0.39 is 0 Å². The van der Waals surface area contributed by atoms with E-state index in [9.17, 15) is 4.79 Å². The van der Waals surface area contributed by atoms with Gasteiger partial charge < -0.3 is 18.8 Å². The van der Waals surface area contributed by atoms with Crippen molar-refractivity contribution in [3.63, 3.8) is 0 Å². The minimum atomic E-state index is -0.0279. The SMILES string of the molecule is COc1ccc2c(C)c(C(=O)N3C[C@@H]4COC[C@H](C3)N(C)C4)oc2c1. The average molecular weight is 344 g/mol. The molecule has 1 amide bonds. The monoisotopic (exact) mass is 344 g/mol. The molecule has 4 rings (SSSR count). The van der Waals surface area contributed by atoms with Crippen molar-refractivity contribution in [2.24, 2.45) is 5.92 Å². The van der Waals surface area contributed by atoms with Crippen molar-refractivity contribution in [1.82, 2.24) is 9.80 Å². The van der Waals surface area contributed by atoms with Crippen LogP contribution in [-0.2, 0) is 4.74 Å². The zero-order valence-corrected chi connectivity index (χ0v) is 14.9. The van der Waals surface area contributed by atoms with E-state index in [4.69, 9.17) is 13.9 Å².